The van der Waals surface area contributed by atoms with E-state index in [1.165, 1.54) is 0 Å². The van der Waals surface area contributed by atoms with Crippen molar-refractivity contribution in [1.82, 2.24) is 4.98 Å². The van der Waals surface area contributed by atoms with Gasteiger partial charge in [0.15, 0.2) is 0 Å². The van der Waals surface area contributed by atoms with Gasteiger partial charge in [-0.3, -0.25) is 9.78 Å². The number of aliphatic carboxylic acids is 1. The predicted molar refractivity (Wildman–Crippen MR) is 71.6 cm³/mol. The number of benzene rings is 1. The quantitative estimate of drug-likeness (QED) is 0.873. The summed E-state index contributed by atoms with van der Waals surface area (Å²) in [5.41, 5.74) is 0.899. The first-order valence-electron chi connectivity index (χ1n) is 6.29. The second-order valence-corrected chi connectivity index (χ2v) is 4.48. The molecule has 1 heterocycles. The van der Waals surface area contributed by atoms with E-state index in [-0.39, 0.29) is 0 Å². The maximum absolute atomic E-state index is 11.4. The lowest BCUT2D eigenvalue weighted by molar-refractivity contribution is -0.139. The molecule has 1 N–H and O–H groups in total. The van der Waals surface area contributed by atoms with Crippen LogP contribution < -0.4 is 0 Å². The number of fused-ring (bicyclic) bond motifs is 1. The minimum Gasteiger partial charge on any atom is -0.481 e. The molecule has 3 nitrogen and oxygen atoms in total. The number of rotatable bonds is 5. The number of hydrogen-bond acceptors (Lipinski definition) is 2. The number of carboxylic acid groups (broad SMARTS) is 1. The molecule has 0 saturated carbocycles. The van der Waals surface area contributed by atoms with Crippen LogP contribution in [0.2, 0.25) is 0 Å². The van der Waals surface area contributed by atoms with Crippen molar-refractivity contribution >= 4 is 16.7 Å². The summed E-state index contributed by atoms with van der Waals surface area (Å²) in [6.07, 6.45) is 6.12. The van der Waals surface area contributed by atoms with Crippen LogP contribution in [0.25, 0.3) is 10.8 Å². The first-order chi connectivity index (χ1) is 8.74. The Morgan fingerprint density at radius 1 is 1.39 bits per heavy atom. The van der Waals surface area contributed by atoms with E-state index in [1.807, 2.05) is 24.3 Å². The first-order valence-corrected chi connectivity index (χ1v) is 6.29. The van der Waals surface area contributed by atoms with Gasteiger partial charge in [0.1, 0.15) is 0 Å². The van der Waals surface area contributed by atoms with Crippen molar-refractivity contribution in [3.05, 3.63) is 42.2 Å². The summed E-state index contributed by atoms with van der Waals surface area (Å²) >= 11 is 0. The van der Waals surface area contributed by atoms with Crippen molar-refractivity contribution in [3.63, 3.8) is 0 Å². The van der Waals surface area contributed by atoms with E-state index in [2.05, 4.69) is 11.9 Å². The standard InChI is InChI=1S/C15H17NO2/c1-2-3-6-14(15(17)18)13-7-4-5-11-10-16-9-8-12(11)13/h4-5,7-10,14H,2-3,6H2,1H3,(H,17,18). The molecule has 0 aliphatic heterocycles. The Morgan fingerprint density at radius 2 is 2.22 bits per heavy atom. The highest BCUT2D eigenvalue weighted by molar-refractivity contribution is 5.90. The van der Waals surface area contributed by atoms with Gasteiger partial charge in [-0.1, -0.05) is 38.0 Å². The molecule has 1 atom stereocenters. The van der Waals surface area contributed by atoms with Crippen molar-refractivity contribution in [2.24, 2.45) is 0 Å². The van der Waals surface area contributed by atoms with Crippen LogP contribution >= 0.6 is 0 Å². The van der Waals surface area contributed by atoms with E-state index in [0.29, 0.717) is 6.42 Å². The fourth-order valence-corrected chi connectivity index (χ4v) is 2.27. The van der Waals surface area contributed by atoms with Crippen LogP contribution in [0.15, 0.2) is 36.7 Å². The van der Waals surface area contributed by atoms with Crippen LogP contribution in [0.5, 0.6) is 0 Å². The summed E-state index contributed by atoms with van der Waals surface area (Å²) in [5, 5.41) is 11.4. The SMILES string of the molecule is CCCCC(C(=O)O)c1cccc2cnccc12. The highest BCUT2D eigenvalue weighted by Crippen LogP contribution is 2.29. The molecule has 1 aromatic carbocycles. The van der Waals surface area contributed by atoms with E-state index in [4.69, 9.17) is 0 Å². The van der Waals surface area contributed by atoms with E-state index in [1.54, 1.807) is 12.4 Å². The van der Waals surface area contributed by atoms with Crippen molar-refractivity contribution in [1.29, 1.82) is 0 Å². The fourth-order valence-electron chi connectivity index (χ4n) is 2.27. The second kappa shape index (κ2) is 5.63. The lowest BCUT2D eigenvalue weighted by Gasteiger charge is -2.14. The van der Waals surface area contributed by atoms with Crippen LogP contribution in [0.1, 0.15) is 37.7 Å². The minimum atomic E-state index is -0.743. The number of unbranched alkanes of at least 4 members (excludes halogenated alkanes) is 1. The number of carbonyl (C=O) groups is 1. The molecular formula is C15H17NO2. The molecule has 18 heavy (non-hydrogen) atoms. The predicted octanol–water partition coefficient (Wildman–Crippen LogP) is 3.59. The molecule has 0 aliphatic carbocycles. The topological polar surface area (TPSA) is 50.2 Å². The van der Waals surface area contributed by atoms with Crippen molar-refractivity contribution in [3.8, 4) is 0 Å². The summed E-state index contributed by atoms with van der Waals surface area (Å²) in [6.45, 7) is 2.08. The smallest absolute Gasteiger partial charge is 0.310 e. The van der Waals surface area contributed by atoms with Gasteiger partial charge in [0.25, 0.3) is 0 Å². The number of hydrogen-bond donors (Lipinski definition) is 1. The normalized spacial score (nSPS) is 12.5. The van der Waals surface area contributed by atoms with Crippen LogP contribution in [0.3, 0.4) is 0 Å². The Kier molecular flexibility index (Phi) is 3.92. The third-order valence-electron chi connectivity index (χ3n) is 3.23. The van der Waals surface area contributed by atoms with Crippen LogP contribution in [0.4, 0.5) is 0 Å². The summed E-state index contributed by atoms with van der Waals surface area (Å²) in [5.74, 6) is -1.16. The highest BCUT2D eigenvalue weighted by Gasteiger charge is 2.20. The lowest BCUT2D eigenvalue weighted by Crippen LogP contribution is -2.12. The maximum atomic E-state index is 11.4. The zero-order valence-corrected chi connectivity index (χ0v) is 10.5. The largest absolute Gasteiger partial charge is 0.481 e. The minimum absolute atomic E-state index is 0.420. The molecule has 2 rings (SSSR count). The molecular weight excluding hydrogens is 226 g/mol. The zero-order valence-electron chi connectivity index (χ0n) is 10.5. The Bertz CT molecular complexity index is 546. The number of aromatic nitrogens is 1. The molecule has 94 valence electrons. The Labute approximate surface area is 106 Å². The summed E-state index contributed by atoms with van der Waals surface area (Å²) < 4.78 is 0. The average molecular weight is 243 g/mol. The van der Waals surface area contributed by atoms with E-state index in [9.17, 15) is 9.90 Å². The molecule has 1 aromatic heterocycles. The third kappa shape index (κ3) is 2.50. The van der Waals surface area contributed by atoms with Gasteiger partial charge < -0.3 is 5.11 Å². The second-order valence-electron chi connectivity index (χ2n) is 4.48. The summed E-state index contributed by atoms with van der Waals surface area (Å²) in [7, 11) is 0. The first kappa shape index (κ1) is 12.6. The summed E-state index contributed by atoms with van der Waals surface area (Å²) in [4.78, 5) is 15.5. The molecule has 0 bridgehead atoms. The number of carboxylic acids is 1. The van der Waals surface area contributed by atoms with E-state index < -0.39 is 11.9 Å². The lowest BCUT2D eigenvalue weighted by atomic mass is 9.90. The van der Waals surface area contributed by atoms with Gasteiger partial charge in [0.05, 0.1) is 5.92 Å². The van der Waals surface area contributed by atoms with Crippen LogP contribution in [-0.4, -0.2) is 16.1 Å². The Hall–Kier alpha value is -1.90. The average Bonchev–Trinajstić information content (AvgIpc) is 2.39. The Morgan fingerprint density at radius 3 is 2.94 bits per heavy atom. The van der Waals surface area contributed by atoms with E-state index >= 15 is 0 Å². The van der Waals surface area contributed by atoms with Crippen molar-refractivity contribution in [2.75, 3.05) is 0 Å². The molecule has 0 spiro atoms. The maximum Gasteiger partial charge on any atom is 0.310 e. The van der Waals surface area contributed by atoms with Crippen molar-refractivity contribution < 1.29 is 9.90 Å². The van der Waals surface area contributed by atoms with Gasteiger partial charge in [0.2, 0.25) is 0 Å². The molecule has 0 saturated heterocycles. The fraction of sp³-hybridized carbons (Fsp3) is 0.333. The molecule has 0 aliphatic rings. The highest BCUT2D eigenvalue weighted by atomic mass is 16.4. The monoisotopic (exact) mass is 243 g/mol. The van der Waals surface area contributed by atoms with Crippen LogP contribution in [-0.2, 0) is 4.79 Å². The van der Waals surface area contributed by atoms with Crippen molar-refractivity contribution in [2.45, 2.75) is 32.1 Å². The van der Waals surface area contributed by atoms with Gasteiger partial charge >= 0.3 is 5.97 Å². The zero-order chi connectivity index (χ0) is 13.0. The van der Waals surface area contributed by atoms with Gasteiger partial charge in [0, 0.05) is 17.8 Å². The molecule has 0 radical (unpaired) electrons. The van der Waals surface area contributed by atoms with Gasteiger partial charge in [-0.2, -0.15) is 0 Å². The van der Waals surface area contributed by atoms with Crippen LogP contribution in [0, 0.1) is 0 Å². The molecule has 2 aromatic rings. The molecule has 3 heteroatoms. The third-order valence-corrected chi connectivity index (χ3v) is 3.23. The number of nitrogens with zero attached hydrogens (tertiary/aromatic N) is 1. The molecule has 0 amide bonds. The van der Waals surface area contributed by atoms with E-state index in [0.717, 1.165) is 29.2 Å². The van der Waals surface area contributed by atoms with Gasteiger partial charge in [-0.15, -0.1) is 0 Å². The summed E-state index contributed by atoms with van der Waals surface area (Å²) in [6, 6.07) is 7.68. The van der Waals surface area contributed by atoms with Gasteiger partial charge in [-0.25, -0.2) is 0 Å². The van der Waals surface area contributed by atoms with Gasteiger partial charge in [-0.05, 0) is 23.4 Å². The Balaban J connectivity index is 2.46. The number of pyridine rings is 1. The molecule has 0 fully saturated rings. The molecule has 1 unspecified atom stereocenters.